The van der Waals surface area contributed by atoms with Gasteiger partial charge in [-0.25, -0.2) is 0 Å². The quantitative estimate of drug-likeness (QED) is 0.810. The van der Waals surface area contributed by atoms with Crippen LogP contribution in [-0.2, 0) is 20.7 Å². The molecule has 0 aromatic carbocycles. The molecule has 2 heterocycles. The Morgan fingerprint density at radius 3 is 2.95 bits per heavy atom. The first-order chi connectivity index (χ1) is 9.69. The zero-order valence-electron chi connectivity index (χ0n) is 12.1. The van der Waals surface area contributed by atoms with Crippen molar-refractivity contribution in [1.29, 1.82) is 0 Å². The van der Waals surface area contributed by atoms with E-state index in [2.05, 4.69) is 10.3 Å². The molecule has 1 amide bonds. The summed E-state index contributed by atoms with van der Waals surface area (Å²) in [4.78, 5) is 16.3. The van der Waals surface area contributed by atoms with Gasteiger partial charge in [0.1, 0.15) is 6.10 Å². The molecule has 0 saturated carbocycles. The number of hydrogen-bond donors (Lipinski definition) is 1. The largest absolute Gasteiger partial charge is 0.385 e. The Morgan fingerprint density at radius 1 is 1.50 bits per heavy atom. The average molecular weight is 278 g/mol. The Morgan fingerprint density at radius 2 is 2.35 bits per heavy atom. The van der Waals surface area contributed by atoms with Crippen LogP contribution in [0.1, 0.15) is 31.9 Å². The van der Waals surface area contributed by atoms with Gasteiger partial charge in [0.2, 0.25) is 0 Å². The maximum absolute atomic E-state index is 12.0. The highest BCUT2D eigenvalue weighted by atomic mass is 16.5. The fourth-order valence-electron chi connectivity index (χ4n) is 2.26. The molecule has 5 nitrogen and oxygen atoms in total. The fourth-order valence-corrected chi connectivity index (χ4v) is 2.26. The number of hydrogen-bond acceptors (Lipinski definition) is 4. The Hall–Kier alpha value is -1.46. The summed E-state index contributed by atoms with van der Waals surface area (Å²) in [6.07, 6.45) is 5.09. The molecule has 2 unspecified atom stereocenters. The van der Waals surface area contributed by atoms with Crippen molar-refractivity contribution < 1.29 is 14.3 Å². The topological polar surface area (TPSA) is 60.5 Å². The van der Waals surface area contributed by atoms with Crippen molar-refractivity contribution in [2.24, 2.45) is 0 Å². The molecule has 20 heavy (non-hydrogen) atoms. The van der Waals surface area contributed by atoms with E-state index < -0.39 is 0 Å². The smallest absolute Gasteiger partial charge is 0.253 e. The summed E-state index contributed by atoms with van der Waals surface area (Å²) in [6.45, 7) is 2.72. The molecular weight excluding hydrogens is 256 g/mol. The number of nitrogens with one attached hydrogen (secondary N) is 1. The van der Waals surface area contributed by atoms with Gasteiger partial charge in [-0.05, 0) is 44.7 Å². The van der Waals surface area contributed by atoms with Gasteiger partial charge in [0.25, 0.3) is 5.91 Å². The van der Waals surface area contributed by atoms with Gasteiger partial charge in [-0.1, -0.05) is 0 Å². The lowest BCUT2D eigenvalue weighted by atomic mass is 10.2. The van der Waals surface area contributed by atoms with Crippen LogP contribution in [0, 0.1) is 0 Å². The van der Waals surface area contributed by atoms with Gasteiger partial charge in [0, 0.05) is 19.4 Å². The molecule has 1 aliphatic heterocycles. The van der Waals surface area contributed by atoms with E-state index in [1.807, 2.05) is 19.1 Å². The van der Waals surface area contributed by atoms with E-state index in [0.29, 0.717) is 5.69 Å². The third kappa shape index (κ3) is 4.28. The lowest BCUT2D eigenvalue weighted by Crippen LogP contribution is -2.27. The van der Waals surface area contributed by atoms with Crippen molar-refractivity contribution in [3.63, 3.8) is 0 Å². The SMILES string of the molecule is COCCCc1ccc(NC(=O)C2CCC(C)O2)cn1. The number of rotatable bonds is 6. The number of amides is 1. The highest BCUT2D eigenvalue weighted by molar-refractivity contribution is 5.94. The van der Waals surface area contributed by atoms with Crippen LogP contribution in [0.2, 0.25) is 0 Å². The minimum atomic E-state index is -0.327. The molecule has 1 fully saturated rings. The molecule has 1 N–H and O–H groups in total. The number of nitrogens with zero attached hydrogens (tertiary/aromatic N) is 1. The van der Waals surface area contributed by atoms with Gasteiger partial charge in [-0.2, -0.15) is 0 Å². The number of aromatic nitrogens is 1. The van der Waals surface area contributed by atoms with E-state index in [-0.39, 0.29) is 18.1 Å². The van der Waals surface area contributed by atoms with E-state index >= 15 is 0 Å². The first-order valence-corrected chi connectivity index (χ1v) is 7.09. The van der Waals surface area contributed by atoms with Crippen LogP contribution >= 0.6 is 0 Å². The lowest BCUT2D eigenvalue weighted by molar-refractivity contribution is -0.126. The number of anilines is 1. The Kier molecular flexibility index (Phi) is 5.49. The summed E-state index contributed by atoms with van der Waals surface area (Å²) >= 11 is 0. The first kappa shape index (κ1) is 14.9. The van der Waals surface area contributed by atoms with Crippen molar-refractivity contribution in [1.82, 2.24) is 4.98 Å². The van der Waals surface area contributed by atoms with E-state index in [0.717, 1.165) is 38.0 Å². The number of ether oxygens (including phenoxy) is 2. The summed E-state index contributed by atoms with van der Waals surface area (Å²) in [7, 11) is 1.69. The van der Waals surface area contributed by atoms with E-state index in [1.165, 1.54) is 0 Å². The molecule has 1 aromatic heterocycles. The standard InChI is InChI=1S/C15H22N2O3/c1-11-5-8-14(20-11)15(18)17-13-7-6-12(16-10-13)4-3-9-19-2/h6-7,10-11,14H,3-5,8-9H2,1-2H3,(H,17,18). The molecule has 1 aliphatic rings. The highest BCUT2D eigenvalue weighted by Gasteiger charge is 2.28. The zero-order valence-corrected chi connectivity index (χ0v) is 12.1. The van der Waals surface area contributed by atoms with Crippen LogP contribution in [0.15, 0.2) is 18.3 Å². The molecule has 2 atom stereocenters. The number of methoxy groups -OCH3 is 1. The summed E-state index contributed by atoms with van der Waals surface area (Å²) in [5.74, 6) is -0.0803. The molecule has 0 spiro atoms. The monoisotopic (exact) mass is 278 g/mol. The third-order valence-electron chi connectivity index (χ3n) is 3.40. The second-order valence-corrected chi connectivity index (χ2v) is 5.14. The molecule has 110 valence electrons. The van der Waals surface area contributed by atoms with E-state index in [1.54, 1.807) is 13.3 Å². The molecule has 5 heteroatoms. The molecule has 0 aliphatic carbocycles. The predicted octanol–water partition coefficient (Wildman–Crippen LogP) is 2.17. The van der Waals surface area contributed by atoms with Crippen LogP contribution in [0.5, 0.6) is 0 Å². The van der Waals surface area contributed by atoms with Gasteiger partial charge in [-0.3, -0.25) is 9.78 Å². The van der Waals surface area contributed by atoms with Crippen molar-refractivity contribution >= 4 is 11.6 Å². The minimum Gasteiger partial charge on any atom is -0.385 e. The Labute approximate surface area is 119 Å². The van der Waals surface area contributed by atoms with Gasteiger partial charge >= 0.3 is 0 Å². The average Bonchev–Trinajstić information content (AvgIpc) is 2.88. The summed E-state index contributed by atoms with van der Waals surface area (Å²) in [5, 5.41) is 2.85. The summed E-state index contributed by atoms with van der Waals surface area (Å²) in [5.41, 5.74) is 1.72. The van der Waals surface area contributed by atoms with Crippen LogP contribution in [-0.4, -0.2) is 36.8 Å². The maximum Gasteiger partial charge on any atom is 0.253 e. The van der Waals surface area contributed by atoms with E-state index in [9.17, 15) is 4.79 Å². The second-order valence-electron chi connectivity index (χ2n) is 5.14. The molecule has 0 radical (unpaired) electrons. The zero-order chi connectivity index (χ0) is 14.4. The number of carbonyl (C=O) groups is 1. The van der Waals surface area contributed by atoms with Gasteiger partial charge < -0.3 is 14.8 Å². The normalized spacial score (nSPS) is 21.9. The van der Waals surface area contributed by atoms with Crippen LogP contribution in [0.3, 0.4) is 0 Å². The molecule has 0 bridgehead atoms. The van der Waals surface area contributed by atoms with Crippen molar-refractivity contribution in [3.05, 3.63) is 24.0 Å². The summed E-state index contributed by atoms with van der Waals surface area (Å²) < 4.78 is 10.5. The molecule has 2 rings (SSSR count). The predicted molar refractivity (Wildman–Crippen MR) is 76.6 cm³/mol. The van der Waals surface area contributed by atoms with Crippen LogP contribution in [0.4, 0.5) is 5.69 Å². The molecular formula is C15H22N2O3. The van der Waals surface area contributed by atoms with Crippen LogP contribution < -0.4 is 5.32 Å². The maximum atomic E-state index is 12.0. The van der Waals surface area contributed by atoms with Gasteiger partial charge in [-0.15, -0.1) is 0 Å². The highest BCUT2D eigenvalue weighted by Crippen LogP contribution is 2.20. The van der Waals surface area contributed by atoms with Crippen molar-refractivity contribution in [3.8, 4) is 0 Å². The fraction of sp³-hybridized carbons (Fsp3) is 0.600. The molecule has 1 aromatic rings. The lowest BCUT2D eigenvalue weighted by Gasteiger charge is -2.11. The second kappa shape index (κ2) is 7.36. The van der Waals surface area contributed by atoms with Gasteiger partial charge in [0.05, 0.1) is 18.0 Å². The van der Waals surface area contributed by atoms with Crippen LogP contribution in [0.25, 0.3) is 0 Å². The van der Waals surface area contributed by atoms with Crippen molar-refractivity contribution in [2.45, 2.75) is 44.8 Å². The Bertz CT molecular complexity index is 433. The number of aryl methyl sites for hydroxylation is 1. The summed E-state index contributed by atoms with van der Waals surface area (Å²) in [6, 6.07) is 3.81. The number of carbonyl (C=O) groups excluding carboxylic acids is 1. The van der Waals surface area contributed by atoms with Gasteiger partial charge in [0.15, 0.2) is 0 Å². The minimum absolute atomic E-state index is 0.0803. The number of pyridine rings is 1. The van der Waals surface area contributed by atoms with Crippen molar-refractivity contribution in [2.75, 3.05) is 19.0 Å². The molecule has 1 saturated heterocycles. The van der Waals surface area contributed by atoms with E-state index in [4.69, 9.17) is 9.47 Å². The first-order valence-electron chi connectivity index (χ1n) is 7.09. The third-order valence-corrected chi connectivity index (χ3v) is 3.40. The Balaban J connectivity index is 1.82.